The molecule has 2 rings (SSSR count). The van der Waals surface area contributed by atoms with Gasteiger partial charge in [0.2, 0.25) is 0 Å². The molecule has 0 radical (unpaired) electrons. The van der Waals surface area contributed by atoms with E-state index in [1.807, 2.05) is 12.1 Å². The third-order valence-electron chi connectivity index (χ3n) is 2.75. The highest BCUT2D eigenvalue weighted by atomic mass is 35.5. The van der Waals surface area contributed by atoms with Crippen molar-refractivity contribution in [3.8, 4) is 5.75 Å². The summed E-state index contributed by atoms with van der Waals surface area (Å²) in [6.45, 7) is 2.14. The van der Waals surface area contributed by atoms with E-state index in [1.165, 1.54) is 4.88 Å². The SMILES string of the molecule is CCc1ccc(C(Cl)c2cc(Cl)ccc2OC)s1. The summed E-state index contributed by atoms with van der Waals surface area (Å²) in [5, 5.41) is 0.452. The molecule has 0 amide bonds. The lowest BCUT2D eigenvalue weighted by molar-refractivity contribution is 0.410. The second kappa shape index (κ2) is 5.96. The molecule has 0 saturated heterocycles. The zero-order chi connectivity index (χ0) is 13.1. The standard InChI is InChI=1S/C14H14Cl2OS/c1-3-10-5-7-13(18-10)14(16)11-8-9(15)4-6-12(11)17-2/h4-8,14H,3H2,1-2H3. The zero-order valence-electron chi connectivity index (χ0n) is 10.2. The topological polar surface area (TPSA) is 9.23 Å². The van der Waals surface area contributed by atoms with E-state index in [0.717, 1.165) is 22.6 Å². The first kappa shape index (κ1) is 13.7. The van der Waals surface area contributed by atoms with E-state index in [1.54, 1.807) is 24.5 Å². The Bertz CT molecular complexity index is 536. The molecule has 1 atom stereocenters. The summed E-state index contributed by atoms with van der Waals surface area (Å²) in [6, 6.07) is 9.71. The lowest BCUT2D eigenvalue weighted by Crippen LogP contribution is -1.95. The molecular weight excluding hydrogens is 287 g/mol. The van der Waals surface area contributed by atoms with Gasteiger partial charge in [-0.05, 0) is 36.8 Å². The van der Waals surface area contributed by atoms with Crippen LogP contribution in [0.3, 0.4) is 0 Å². The minimum Gasteiger partial charge on any atom is -0.496 e. The Kier molecular flexibility index (Phi) is 4.55. The number of rotatable bonds is 4. The Hall–Kier alpha value is -0.700. The molecule has 96 valence electrons. The second-order valence-corrected chi connectivity index (χ2v) is 5.98. The fourth-order valence-electron chi connectivity index (χ4n) is 1.78. The molecule has 0 aliphatic rings. The molecule has 0 saturated carbocycles. The Labute approximate surface area is 121 Å². The Morgan fingerprint density at radius 2 is 2.06 bits per heavy atom. The van der Waals surface area contributed by atoms with E-state index >= 15 is 0 Å². The average Bonchev–Trinajstić information content (AvgIpc) is 2.86. The predicted octanol–water partition coefficient (Wildman–Crippen LogP) is 5.30. The third kappa shape index (κ3) is 2.82. The predicted molar refractivity (Wildman–Crippen MR) is 79.4 cm³/mol. The van der Waals surface area contributed by atoms with Crippen molar-refractivity contribution in [3.63, 3.8) is 0 Å². The summed E-state index contributed by atoms with van der Waals surface area (Å²) in [7, 11) is 1.64. The molecule has 18 heavy (non-hydrogen) atoms. The summed E-state index contributed by atoms with van der Waals surface area (Å²) in [6.07, 6.45) is 1.03. The number of ether oxygens (including phenoxy) is 1. The molecule has 0 fully saturated rings. The first-order chi connectivity index (χ1) is 8.65. The van der Waals surface area contributed by atoms with Crippen LogP contribution in [0.25, 0.3) is 0 Å². The van der Waals surface area contributed by atoms with Gasteiger partial charge in [-0.3, -0.25) is 0 Å². The lowest BCUT2D eigenvalue weighted by atomic mass is 10.1. The summed E-state index contributed by atoms with van der Waals surface area (Å²) in [4.78, 5) is 2.45. The van der Waals surface area contributed by atoms with Gasteiger partial charge in [-0.1, -0.05) is 18.5 Å². The van der Waals surface area contributed by atoms with Gasteiger partial charge in [0.15, 0.2) is 0 Å². The van der Waals surface area contributed by atoms with Crippen molar-refractivity contribution in [1.29, 1.82) is 0 Å². The lowest BCUT2D eigenvalue weighted by Gasteiger charge is -2.13. The van der Waals surface area contributed by atoms with Gasteiger partial charge in [0.1, 0.15) is 5.75 Å². The van der Waals surface area contributed by atoms with Crippen molar-refractivity contribution in [2.75, 3.05) is 7.11 Å². The fourth-order valence-corrected chi connectivity index (χ4v) is 3.28. The number of methoxy groups -OCH3 is 1. The first-order valence-electron chi connectivity index (χ1n) is 5.71. The zero-order valence-corrected chi connectivity index (χ0v) is 12.6. The number of aryl methyl sites for hydroxylation is 1. The Morgan fingerprint density at radius 1 is 1.28 bits per heavy atom. The minimum atomic E-state index is -0.219. The molecule has 0 aliphatic carbocycles. The van der Waals surface area contributed by atoms with Crippen LogP contribution in [0.15, 0.2) is 30.3 Å². The van der Waals surface area contributed by atoms with Crippen LogP contribution in [0, 0.1) is 0 Å². The Morgan fingerprint density at radius 3 is 2.67 bits per heavy atom. The monoisotopic (exact) mass is 300 g/mol. The van der Waals surface area contributed by atoms with E-state index in [-0.39, 0.29) is 5.38 Å². The molecule has 0 bridgehead atoms. The number of hydrogen-bond donors (Lipinski definition) is 0. The van der Waals surface area contributed by atoms with Gasteiger partial charge < -0.3 is 4.74 Å². The maximum atomic E-state index is 6.53. The molecule has 1 aromatic carbocycles. The number of thiophene rings is 1. The van der Waals surface area contributed by atoms with E-state index in [0.29, 0.717) is 5.02 Å². The van der Waals surface area contributed by atoms with Gasteiger partial charge in [-0.2, -0.15) is 0 Å². The molecule has 0 aliphatic heterocycles. The van der Waals surface area contributed by atoms with Gasteiger partial charge in [0.05, 0.1) is 12.5 Å². The molecule has 0 N–H and O–H groups in total. The van der Waals surface area contributed by atoms with Gasteiger partial charge in [-0.15, -0.1) is 22.9 Å². The summed E-state index contributed by atoms with van der Waals surface area (Å²) in [5.74, 6) is 0.769. The highest BCUT2D eigenvalue weighted by Crippen LogP contribution is 2.39. The molecule has 1 heterocycles. The van der Waals surface area contributed by atoms with Crippen molar-refractivity contribution in [1.82, 2.24) is 0 Å². The molecule has 2 aromatic rings. The number of hydrogen-bond acceptors (Lipinski definition) is 2. The molecular formula is C14H14Cl2OS. The van der Waals surface area contributed by atoms with E-state index < -0.39 is 0 Å². The fraction of sp³-hybridized carbons (Fsp3) is 0.286. The number of alkyl halides is 1. The molecule has 1 unspecified atom stereocenters. The van der Waals surface area contributed by atoms with Crippen LogP contribution in [-0.4, -0.2) is 7.11 Å². The van der Waals surface area contributed by atoms with Crippen molar-refractivity contribution >= 4 is 34.5 Å². The van der Waals surface area contributed by atoms with Crippen LogP contribution in [0.2, 0.25) is 5.02 Å². The highest BCUT2D eigenvalue weighted by molar-refractivity contribution is 7.12. The third-order valence-corrected chi connectivity index (χ3v) is 4.87. The smallest absolute Gasteiger partial charge is 0.124 e. The maximum Gasteiger partial charge on any atom is 0.124 e. The van der Waals surface area contributed by atoms with E-state index in [2.05, 4.69) is 19.1 Å². The van der Waals surface area contributed by atoms with Crippen LogP contribution in [0.4, 0.5) is 0 Å². The minimum absolute atomic E-state index is 0.219. The van der Waals surface area contributed by atoms with Crippen LogP contribution < -0.4 is 4.74 Å². The summed E-state index contributed by atoms with van der Waals surface area (Å²) < 4.78 is 5.34. The van der Waals surface area contributed by atoms with Gasteiger partial charge in [-0.25, -0.2) is 0 Å². The van der Waals surface area contributed by atoms with Crippen molar-refractivity contribution < 1.29 is 4.74 Å². The normalized spacial score (nSPS) is 12.4. The van der Waals surface area contributed by atoms with Gasteiger partial charge >= 0.3 is 0 Å². The van der Waals surface area contributed by atoms with Crippen molar-refractivity contribution in [2.24, 2.45) is 0 Å². The molecule has 4 heteroatoms. The van der Waals surface area contributed by atoms with Crippen LogP contribution in [0.1, 0.15) is 27.6 Å². The molecule has 1 aromatic heterocycles. The first-order valence-corrected chi connectivity index (χ1v) is 7.35. The molecule has 1 nitrogen and oxygen atoms in total. The van der Waals surface area contributed by atoms with Crippen LogP contribution in [-0.2, 0) is 6.42 Å². The summed E-state index contributed by atoms with van der Waals surface area (Å²) >= 11 is 14.3. The maximum absolute atomic E-state index is 6.53. The molecule has 0 spiro atoms. The van der Waals surface area contributed by atoms with Crippen LogP contribution in [0.5, 0.6) is 5.75 Å². The van der Waals surface area contributed by atoms with Gasteiger partial charge in [0, 0.05) is 20.3 Å². The summed E-state index contributed by atoms with van der Waals surface area (Å²) in [5.41, 5.74) is 0.913. The highest BCUT2D eigenvalue weighted by Gasteiger charge is 2.17. The number of benzene rings is 1. The Balaban J connectivity index is 2.38. The van der Waals surface area contributed by atoms with E-state index in [4.69, 9.17) is 27.9 Å². The van der Waals surface area contributed by atoms with Gasteiger partial charge in [0.25, 0.3) is 0 Å². The van der Waals surface area contributed by atoms with Crippen molar-refractivity contribution in [2.45, 2.75) is 18.7 Å². The second-order valence-electron chi connectivity index (χ2n) is 3.91. The largest absolute Gasteiger partial charge is 0.496 e. The van der Waals surface area contributed by atoms with Crippen molar-refractivity contribution in [3.05, 3.63) is 50.7 Å². The quantitative estimate of drug-likeness (QED) is 0.696. The number of halogens is 2. The average molecular weight is 301 g/mol. The van der Waals surface area contributed by atoms with E-state index in [9.17, 15) is 0 Å². The van der Waals surface area contributed by atoms with Crippen LogP contribution >= 0.6 is 34.5 Å².